The zero-order valence-corrected chi connectivity index (χ0v) is 16.0. The van der Waals surface area contributed by atoms with Crippen LogP contribution in [0.25, 0.3) is 11.2 Å². The third-order valence-corrected chi connectivity index (χ3v) is 8.07. The van der Waals surface area contributed by atoms with E-state index in [-0.39, 0.29) is 5.92 Å². The molecule has 4 heterocycles. The van der Waals surface area contributed by atoms with Crippen LogP contribution in [0.15, 0.2) is 34.7 Å². The van der Waals surface area contributed by atoms with E-state index in [1.165, 1.54) is 4.31 Å². The van der Waals surface area contributed by atoms with Gasteiger partial charge in [0.25, 0.3) is 10.0 Å². The summed E-state index contributed by atoms with van der Waals surface area (Å²) in [6.07, 6.45) is 2.51. The van der Waals surface area contributed by atoms with Gasteiger partial charge in [-0.3, -0.25) is 0 Å². The number of nitrogens with zero attached hydrogens (tertiary/aromatic N) is 4. The number of pyridine rings is 1. The Morgan fingerprint density at radius 2 is 2.20 bits per heavy atom. The molecule has 1 unspecified atom stereocenters. The molecule has 25 heavy (non-hydrogen) atoms. The first-order chi connectivity index (χ1) is 12.0. The van der Waals surface area contributed by atoms with E-state index < -0.39 is 10.0 Å². The average Bonchev–Trinajstić information content (AvgIpc) is 3.32. The van der Waals surface area contributed by atoms with Crippen LogP contribution in [0.3, 0.4) is 0 Å². The molecule has 0 amide bonds. The maximum absolute atomic E-state index is 12.8. The van der Waals surface area contributed by atoms with Crippen molar-refractivity contribution in [2.75, 3.05) is 13.1 Å². The quantitative estimate of drug-likeness (QED) is 0.678. The molecule has 1 aliphatic heterocycles. The van der Waals surface area contributed by atoms with Gasteiger partial charge in [0.15, 0.2) is 5.65 Å². The number of sulfonamides is 1. The Balaban J connectivity index is 1.65. The third kappa shape index (κ3) is 2.87. The molecular weight excluding hydrogens is 380 g/mol. The van der Waals surface area contributed by atoms with Crippen molar-refractivity contribution in [3.05, 3.63) is 40.6 Å². The van der Waals surface area contributed by atoms with Crippen LogP contribution in [0.5, 0.6) is 0 Å². The van der Waals surface area contributed by atoms with Crippen molar-refractivity contribution in [3.8, 4) is 0 Å². The Bertz CT molecular complexity index is 1030. The fraction of sp³-hybridized carbons (Fsp3) is 0.375. The molecule has 0 spiro atoms. The summed E-state index contributed by atoms with van der Waals surface area (Å²) in [5.41, 5.74) is 1.71. The maximum atomic E-state index is 12.8. The normalized spacial score (nSPS) is 19.0. The summed E-state index contributed by atoms with van der Waals surface area (Å²) >= 11 is 6.99. The van der Waals surface area contributed by atoms with E-state index in [4.69, 9.17) is 16.6 Å². The first kappa shape index (κ1) is 17.0. The van der Waals surface area contributed by atoms with Gasteiger partial charge in [0.05, 0.1) is 4.34 Å². The van der Waals surface area contributed by atoms with E-state index in [0.29, 0.717) is 21.6 Å². The Morgan fingerprint density at radius 3 is 2.92 bits per heavy atom. The predicted molar refractivity (Wildman–Crippen MR) is 98.6 cm³/mol. The third-order valence-electron chi connectivity index (χ3n) is 4.51. The van der Waals surface area contributed by atoms with E-state index in [2.05, 4.69) is 16.5 Å². The fourth-order valence-corrected chi connectivity index (χ4v) is 6.46. The fourth-order valence-electron chi connectivity index (χ4n) is 3.32. The molecule has 132 valence electrons. The van der Waals surface area contributed by atoms with E-state index in [0.717, 1.165) is 41.3 Å². The second-order valence-electron chi connectivity index (χ2n) is 5.97. The number of rotatable bonds is 4. The molecule has 0 aliphatic carbocycles. The maximum Gasteiger partial charge on any atom is 0.252 e. The van der Waals surface area contributed by atoms with Crippen molar-refractivity contribution < 1.29 is 8.42 Å². The van der Waals surface area contributed by atoms with Crippen molar-refractivity contribution >= 4 is 44.1 Å². The number of halogens is 1. The molecular formula is C16H17ClN4O2S2. The zero-order valence-electron chi connectivity index (χ0n) is 13.6. The minimum absolute atomic E-state index is 0.0689. The summed E-state index contributed by atoms with van der Waals surface area (Å²) in [6, 6.07) is 7.00. The molecule has 1 aliphatic rings. The van der Waals surface area contributed by atoms with Crippen molar-refractivity contribution in [2.45, 2.75) is 30.0 Å². The summed E-state index contributed by atoms with van der Waals surface area (Å²) < 4.78 is 30.0. The smallest absolute Gasteiger partial charge is 0.252 e. The minimum Gasteiger partial charge on any atom is -0.313 e. The van der Waals surface area contributed by atoms with Gasteiger partial charge in [-0.2, -0.15) is 4.31 Å². The molecule has 0 saturated carbocycles. The van der Waals surface area contributed by atoms with Gasteiger partial charge in [0.1, 0.15) is 15.6 Å². The van der Waals surface area contributed by atoms with Crippen molar-refractivity contribution in [1.29, 1.82) is 0 Å². The lowest BCUT2D eigenvalue weighted by atomic mass is 10.1. The van der Waals surface area contributed by atoms with Crippen molar-refractivity contribution in [2.24, 2.45) is 0 Å². The first-order valence-electron chi connectivity index (χ1n) is 8.07. The molecule has 3 aromatic rings. The Hall–Kier alpha value is -1.48. The molecule has 4 rings (SSSR count). The lowest BCUT2D eigenvalue weighted by Gasteiger charge is -2.15. The molecule has 0 bridgehead atoms. The van der Waals surface area contributed by atoms with Crippen LogP contribution in [0, 0.1) is 0 Å². The van der Waals surface area contributed by atoms with Crippen molar-refractivity contribution in [1.82, 2.24) is 18.8 Å². The standard InChI is InChI=1S/C16H17ClN4O2S2/c1-2-21-15(19-12-4-3-8-18-16(12)21)11-7-9-20(10-11)25(22,23)14-6-5-13(17)24-14/h3-6,8,11H,2,7,9-10H2,1H3. The van der Waals surface area contributed by atoms with E-state index in [1.807, 2.05) is 12.1 Å². The van der Waals surface area contributed by atoms with Gasteiger partial charge in [0, 0.05) is 31.7 Å². The van der Waals surface area contributed by atoms with Crippen LogP contribution in [-0.4, -0.2) is 40.3 Å². The monoisotopic (exact) mass is 396 g/mol. The van der Waals surface area contributed by atoms with Crippen LogP contribution < -0.4 is 0 Å². The van der Waals surface area contributed by atoms with E-state index in [9.17, 15) is 8.42 Å². The van der Waals surface area contributed by atoms with Gasteiger partial charge >= 0.3 is 0 Å². The van der Waals surface area contributed by atoms with Gasteiger partial charge in [-0.1, -0.05) is 11.6 Å². The Kier molecular flexibility index (Phi) is 4.31. The van der Waals surface area contributed by atoms with E-state index >= 15 is 0 Å². The summed E-state index contributed by atoms with van der Waals surface area (Å²) in [5.74, 6) is 0.984. The molecule has 1 fully saturated rings. The first-order valence-corrected chi connectivity index (χ1v) is 10.7. The van der Waals surface area contributed by atoms with Gasteiger partial charge in [-0.25, -0.2) is 18.4 Å². The topological polar surface area (TPSA) is 68.1 Å². The van der Waals surface area contributed by atoms with Gasteiger partial charge in [-0.05, 0) is 37.6 Å². The van der Waals surface area contributed by atoms with E-state index in [1.54, 1.807) is 18.3 Å². The highest BCUT2D eigenvalue weighted by atomic mass is 35.5. The molecule has 0 radical (unpaired) electrons. The molecule has 9 heteroatoms. The number of aryl methyl sites for hydroxylation is 1. The van der Waals surface area contributed by atoms with Crippen LogP contribution >= 0.6 is 22.9 Å². The predicted octanol–water partition coefficient (Wildman–Crippen LogP) is 3.34. The second kappa shape index (κ2) is 6.35. The number of thiophene rings is 1. The number of hydrogen-bond acceptors (Lipinski definition) is 5. The lowest BCUT2D eigenvalue weighted by molar-refractivity contribution is 0.471. The highest BCUT2D eigenvalue weighted by Crippen LogP contribution is 2.34. The summed E-state index contributed by atoms with van der Waals surface area (Å²) in [7, 11) is -3.49. The molecule has 1 saturated heterocycles. The van der Waals surface area contributed by atoms with Crippen LogP contribution in [0.2, 0.25) is 4.34 Å². The van der Waals surface area contributed by atoms with Gasteiger partial charge < -0.3 is 4.57 Å². The summed E-state index contributed by atoms with van der Waals surface area (Å²) in [4.78, 5) is 9.14. The number of hydrogen-bond donors (Lipinski definition) is 0. The molecule has 0 N–H and O–H groups in total. The Morgan fingerprint density at radius 1 is 1.36 bits per heavy atom. The number of fused-ring (bicyclic) bond motifs is 1. The molecule has 1 atom stereocenters. The Labute approximate surface area is 155 Å². The van der Waals surface area contributed by atoms with Crippen LogP contribution in [0.1, 0.15) is 25.1 Å². The molecule has 0 aromatic carbocycles. The number of aromatic nitrogens is 3. The van der Waals surface area contributed by atoms with Crippen LogP contribution in [-0.2, 0) is 16.6 Å². The highest BCUT2D eigenvalue weighted by molar-refractivity contribution is 7.91. The largest absolute Gasteiger partial charge is 0.313 e. The second-order valence-corrected chi connectivity index (χ2v) is 9.85. The van der Waals surface area contributed by atoms with Gasteiger partial charge in [0.2, 0.25) is 0 Å². The van der Waals surface area contributed by atoms with Gasteiger partial charge in [-0.15, -0.1) is 11.3 Å². The summed E-state index contributed by atoms with van der Waals surface area (Å²) in [5, 5.41) is 0. The zero-order chi connectivity index (χ0) is 17.6. The molecule has 3 aromatic heterocycles. The molecule has 6 nitrogen and oxygen atoms in total. The highest BCUT2D eigenvalue weighted by Gasteiger charge is 2.36. The summed E-state index contributed by atoms with van der Waals surface area (Å²) in [6.45, 7) is 3.73. The number of imidazole rings is 1. The minimum atomic E-state index is -3.49. The average molecular weight is 397 g/mol. The SMILES string of the molecule is CCn1c(C2CCN(S(=O)(=O)c3ccc(Cl)s3)C2)nc2cccnc21. The van der Waals surface area contributed by atoms with Crippen molar-refractivity contribution in [3.63, 3.8) is 0 Å². The van der Waals surface area contributed by atoms with Crippen LogP contribution in [0.4, 0.5) is 0 Å². The lowest BCUT2D eigenvalue weighted by Crippen LogP contribution is -2.28.